The van der Waals surface area contributed by atoms with Gasteiger partial charge in [0.1, 0.15) is 5.82 Å². The van der Waals surface area contributed by atoms with E-state index in [4.69, 9.17) is 0 Å². The third-order valence-electron chi connectivity index (χ3n) is 1.82. The molecule has 0 aliphatic rings. The van der Waals surface area contributed by atoms with Crippen molar-refractivity contribution in [2.75, 3.05) is 13.1 Å². The fourth-order valence-corrected chi connectivity index (χ4v) is 1.53. The zero-order valence-electron chi connectivity index (χ0n) is 7.61. The lowest BCUT2D eigenvalue weighted by Gasteiger charge is -2.03. The Balaban J connectivity index is 2.53. The predicted molar refractivity (Wildman–Crippen MR) is 56.3 cm³/mol. The van der Waals surface area contributed by atoms with Gasteiger partial charge >= 0.3 is 0 Å². The van der Waals surface area contributed by atoms with Crippen molar-refractivity contribution in [2.24, 2.45) is 0 Å². The largest absolute Gasteiger partial charge is 0.317 e. The first kappa shape index (κ1) is 10.7. The van der Waals surface area contributed by atoms with E-state index >= 15 is 0 Å². The van der Waals surface area contributed by atoms with Crippen LogP contribution in [-0.4, -0.2) is 13.1 Å². The van der Waals surface area contributed by atoms with Crippen LogP contribution in [-0.2, 0) is 6.42 Å². The molecular weight excluding hydrogens is 233 g/mol. The van der Waals surface area contributed by atoms with Crippen LogP contribution in [0.3, 0.4) is 0 Å². The molecule has 0 radical (unpaired) electrons. The summed E-state index contributed by atoms with van der Waals surface area (Å²) in [6, 6.07) is 5.13. The van der Waals surface area contributed by atoms with E-state index in [2.05, 4.69) is 28.2 Å². The average Bonchev–Trinajstić information content (AvgIpc) is 2.12. The standard InChI is InChI=1S/C10H13BrFN/c1-2-13-6-5-8-3-4-10(12)9(11)7-8/h3-4,7,13H,2,5-6H2,1H3. The molecule has 0 atom stereocenters. The van der Waals surface area contributed by atoms with Crippen molar-refractivity contribution in [3.05, 3.63) is 34.1 Å². The topological polar surface area (TPSA) is 12.0 Å². The van der Waals surface area contributed by atoms with E-state index in [-0.39, 0.29) is 5.82 Å². The van der Waals surface area contributed by atoms with Gasteiger partial charge in [-0.25, -0.2) is 4.39 Å². The molecule has 0 aliphatic carbocycles. The molecule has 0 aliphatic heterocycles. The first-order chi connectivity index (χ1) is 6.24. The minimum Gasteiger partial charge on any atom is -0.317 e. The summed E-state index contributed by atoms with van der Waals surface area (Å²) in [5, 5.41) is 3.22. The second-order valence-electron chi connectivity index (χ2n) is 2.85. The van der Waals surface area contributed by atoms with E-state index in [0.29, 0.717) is 4.47 Å². The molecule has 13 heavy (non-hydrogen) atoms. The van der Waals surface area contributed by atoms with E-state index in [0.717, 1.165) is 25.1 Å². The van der Waals surface area contributed by atoms with Crippen molar-refractivity contribution < 1.29 is 4.39 Å². The number of benzene rings is 1. The van der Waals surface area contributed by atoms with Crippen LogP contribution in [0.2, 0.25) is 0 Å². The second kappa shape index (κ2) is 5.35. The van der Waals surface area contributed by atoms with Crippen molar-refractivity contribution >= 4 is 15.9 Å². The minimum absolute atomic E-state index is 0.202. The number of hydrogen-bond acceptors (Lipinski definition) is 1. The van der Waals surface area contributed by atoms with E-state index in [1.54, 1.807) is 0 Å². The molecule has 0 heterocycles. The molecule has 0 spiro atoms. The van der Waals surface area contributed by atoms with E-state index < -0.39 is 0 Å². The van der Waals surface area contributed by atoms with Crippen LogP contribution in [0, 0.1) is 5.82 Å². The van der Waals surface area contributed by atoms with E-state index in [1.807, 2.05) is 12.1 Å². The maximum Gasteiger partial charge on any atom is 0.137 e. The van der Waals surface area contributed by atoms with Gasteiger partial charge in [-0.05, 0) is 53.1 Å². The minimum atomic E-state index is -0.202. The third kappa shape index (κ3) is 3.44. The van der Waals surface area contributed by atoms with Crippen LogP contribution < -0.4 is 5.32 Å². The quantitative estimate of drug-likeness (QED) is 0.805. The third-order valence-corrected chi connectivity index (χ3v) is 2.43. The summed E-state index contributed by atoms with van der Waals surface area (Å²) in [6.45, 7) is 3.98. The molecule has 0 saturated carbocycles. The lowest BCUT2D eigenvalue weighted by atomic mass is 10.1. The molecule has 0 saturated heterocycles. The van der Waals surface area contributed by atoms with Crippen LogP contribution in [0.15, 0.2) is 22.7 Å². The van der Waals surface area contributed by atoms with Crippen molar-refractivity contribution in [1.82, 2.24) is 5.32 Å². The summed E-state index contributed by atoms with van der Waals surface area (Å²) in [5.41, 5.74) is 1.15. The van der Waals surface area contributed by atoms with Crippen LogP contribution >= 0.6 is 15.9 Å². The Bertz CT molecular complexity index is 276. The highest BCUT2D eigenvalue weighted by Crippen LogP contribution is 2.16. The van der Waals surface area contributed by atoms with Gasteiger partial charge in [-0.3, -0.25) is 0 Å². The Labute approximate surface area is 86.5 Å². The number of nitrogens with one attached hydrogen (secondary N) is 1. The molecule has 3 heteroatoms. The molecule has 0 fully saturated rings. The monoisotopic (exact) mass is 245 g/mol. The van der Waals surface area contributed by atoms with Crippen molar-refractivity contribution in [2.45, 2.75) is 13.3 Å². The summed E-state index contributed by atoms with van der Waals surface area (Å²) in [7, 11) is 0. The fourth-order valence-electron chi connectivity index (χ4n) is 1.10. The molecule has 0 unspecified atom stereocenters. The smallest absolute Gasteiger partial charge is 0.137 e. The SMILES string of the molecule is CCNCCc1ccc(F)c(Br)c1. The highest BCUT2D eigenvalue weighted by Gasteiger charge is 1.99. The maximum absolute atomic E-state index is 12.8. The number of likely N-dealkylation sites (N-methyl/N-ethyl adjacent to an activating group) is 1. The molecule has 0 aromatic heterocycles. The zero-order chi connectivity index (χ0) is 9.68. The lowest BCUT2D eigenvalue weighted by Crippen LogP contribution is -2.15. The highest BCUT2D eigenvalue weighted by atomic mass is 79.9. The molecule has 1 aromatic carbocycles. The summed E-state index contributed by atoms with van der Waals surface area (Å²) in [5.74, 6) is -0.202. The van der Waals surface area contributed by atoms with Crippen LogP contribution in [0.4, 0.5) is 4.39 Å². The normalized spacial score (nSPS) is 10.4. The van der Waals surface area contributed by atoms with Crippen molar-refractivity contribution in [1.29, 1.82) is 0 Å². The number of halogens is 2. The second-order valence-corrected chi connectivity index (χ2v) is 3.71. The van der Waals surface area contributed by atoms with E-state index in [1.165, 1.54) is 6.07 Å². The Kier molecular flexibility index (Phi) is 4.39. The summed E-state index contributed by atoms with van der Waals surface area (Å²) in [6.07, 6.45) is 0.937. The predicted octanol–water partition coefficient (Wildman–Crippen LogP) is 2.74. The van der Waals surface area contributed by atoms with Gasteiger partial charge in [-0.1, -0.05) is 13.0 Å². The molecule has 1 rings (SSSR count). The van der Waals surface area contributed by atoms with Gasteiger partial charge in [-0.15, -0.1) is 0 Å². The summed E-state index contributed by atoms with van der Waals surface area (Å²) >= 11 is 3.16. The summed E-state index contributed by atoms with van der Waals surface area (Å²) < 4.78 is 13.4. The van der Waals surface area contributed by atoms with Gasteiger partial charge in [0, 0.05) is 0 Å². The molecule has 0 amide bonds. The van der Waals surface area contributed by atoms with Gasteiger partial charge in [0.05, 0.1) is 4.47 Å². The zero-order valence-corrected chi connectivity index (χ0v) is 9.20. The van der Waals surface area contributed by atoms with Crippen molar-refractivity contribution in [3.8, 4) is 0 Å². The maximum atomic E-state index is 12.8. The Morgan fingerprint density at radius 2 is 2.23 bits per heavy atom. The Morgan fingerprint density at radius 3 is 2.85 bits per heavy atom. The molecule has 1 nitrogen and oxygen atoms in total. The molecule has 1 N–H and O–H groups in total. The lowest BCUT2D eigenvalue weighted by molar-refractivity contribution is 0.619. The molecular formula is C10H13BrFN. The Hall–Kier alpha value is -0.410. The van der Waals surface area contributed by atoms with Crippen LogP contribution in [0.5, 0.6) is 0 Å². The Morgan fingerprint density at radius 1 is 1.46 bits per heavy atom. The fraction of sp³-hybridized carbons (Fsp3) is 0.400. The van der Waals surface area contributed by atoms with Gasteiger partial charge in [-0.2, -0.15) is 0 Å². The highest BCUT2D eigenvalue weighted by molar-refractivity contribution is 9.10. The number of rotatable bonds is 4. The van der Waals surface area contributed by atoms with Gasteiger partial charge in [0.15, 0.2) is 0 Å². The van der Waals surface area contributed by atoms with Gasteiger partial charge < -0.3 is 5.32 Å². The van der Waals surface area contributed by atoms with Crippen LogP contribution in [0.1, 0.15) is 12.5 Å². The molecule has 0 bridgehead atoms. The van der Waals surface area contributed by atoms with Gasteiger partial charge in [0.25, 0.3) is 0 Å². The average molecular weight is 246 g/mol. The van der Waals surface area contributed by atoms with E-state index in [9.17, 15) is 4.39 Å². The summed E-state index contributed by atoms with van der Waals surface area (Å²) in [4.78, 5) is 0. The first-order valence-electron chi connectivity index (χ1n) is 4.38. The number of hydrogen-bond donors (Lipinski definition) is 1. The first-order valence-corrected chi connectivity index (χ1v) is 5.18. The van der Waals surface area contributed by atoms with Crippen molar-refractivity contribution in [3.63, 3.8) is 0 Å². The van der Waals surface area contributed by atoms with Crippen LogP contribution in [0.25, 0.3) is 0 Å². The molecule has 72 valence electrons. The molecule has 1 aromatic rings. The van der Waals surface area contributed by atoms with Gasteiger partial charge in [0.2, 0.25) is 0 Å².